The van der Waals surface area contributed by atoms with Crippen LogP contribution in [0.5, 0.6) is 0 Å². The first-order valence-corrected chi connectivity index (χ1v) is 6.23. The van der Waals surface area contributed by atoms with Crippen molar-refractivity contribution in [3.8, 4) is 0 Å². The van der Waals surface area contributed by atoms with Crippen LogP contribution in [0.4, 0.5) is 0 Å². The van der Waals surface area contributed by atoms with Crippen LogP contribution in [0.3, 0.4) is 0 Å². The molecule has 0 radical (unpaired) electrons. The zero-order valence-electron chi connectivity index (χ0n) is 7.87. The molecule has 12 heavy (non-hydrogen) atoms. The van der Waals surface area contributed by atoms with Gasteiger partial charge in [-0.1, -0.05) is 13.8 Å². The average Bonchev–Trinajstić information content (AvgIpc) is 2.30. The molecule has 1 aliphatic carbocycles. The lowest BCUT2D eigenvalue weighted by atomic mass is 10.1. The van der Waals surface area contributed by atoms with E-state index in [-0.39, 0.29) is 11.3 Å². The largest absolute Gasteiger partial charge is 0.330 e. The van der Waals surface area contributed by atoms with Crippen LogP contribution in [-0.2, 0) is 9.84 Å². The van der Waals surface area contributed by atoms with Crippen LogP contribution in [0.2, 0.25) is 0 Å². The Morgan fingerprint density at radius 3 is 2.08 bits per heavy atom. The zero-order chi connectivity index (χ0) is 9.57. The SMILES string of the molecule is CC1(C)C(CN)C1CS(C)(=O)=O. The molecular weight excluding hydrogens is 174 g/mol. The van der Waals surface area contributed by atoms with Crippen LogP contribution in [0.1, 0.15) is 13.8 Å². The fraction of sp³-hybridized carbons (Fsp3) is 1.00. The summed E-state index contributed by atoms with van der Waals surface area (Å²) < 4.78 is 22.0. The van der Waals surface area contributed by atoms with Crippen molar-refractivity contribution in [3.05, 3.63) is 0 Å². The summed E-state index contributed by atoms with van der Waals surface area (Å²) in [5.41, 5.74) is 5.66. The molecule has 72 valence electrons. The number of sulfone groups is 1. The Labute approximate surface area is 74.3 Å². The monoisotopic (exact) mass is 191 g/mol. The third-order valence-electron chi connectivity index (χ3n) is 3.02. The van der Waals surface area contributed by atoms with E-state index in [0.717, 1.165) is 0 Å². The van der Waals surface area contributed by atoms with Crippen LogP contribution in [-0.4, -0.2) is 27.0 Å². The van der Waals surface area contributed by atoms with Crippen molar-refractivity contribution >= 4 is 9.84 Å². The van der Waals surface area contributed by atoms with E-state index in [1.54, 1.807) is 0 Å². The van der Waals surface area contributed by atoms with Gasteiger partial charge in [0.15, 0.2) is 0 Å². The minimum atomic E-state index is -2.83. The van der Waals surface area contributed by atoms with E-state index < -0.39 is 9.84 Å². The predicted octanol–water partition coefficient (Wildman–Crippen LogP) is 0.262. The second kappa shape index (κ2) is 2.70. The molecule has 0 saturated heterocycles. The molecule has 4 heteroatoms. The molecule has 0 amide bonds. The van der Waals surface area contributed by atoms with Crippen LogP contribution in [0, 0.1) is 17.3 Å². The molecule has 0 aromatic carbocycles. The summed E-state index contributed by atoms with van der Waals surface area (Å²) in [6.45, 7) is 4.77. The first-order chi connectivity index (χ1) is 5.29. The van der Waals surface area contributed by atoms with Gasteiger partial charge in [-0.3, -0.25) is 0 Å². The molecule has 0 spiro atoms. The number of rotatable bonds is 3. The smallest absolute Gasteiger partial charge is 0.147 e. The van der Waals surface area contributed by atoms with Gasteiger partial charge in [0, 0.05) is 6.26 Å². The maximum atomic E-state index is 11.0. The molecule has 0 bridgehead atoms. The van der Waals surface area contributed by atoms with Crippen molar-refractivity contribution in [2.45, 2.75) is 13.8 Å². The molecular formula is C8H17NO2S. The summed E-state index contributed by atoms with van der Waals surface area (Å²) in [4.78, 5) is 0. The zero-order valence-corrected chi connectivity index (χ0v) is 8.69. The average molecular weight is 191 g/mol. The van der Waals surface area contributed by atoms with Gasteiger partial charge in [0.25, 0.3) is 0 Å². The predicted molar refractivity (Wildman–Crippen MR) is 49.5 cm³/mol. The molecule has 1 aliphatic rings. The highest BCUT2D eigenvalue weighted by molar-refractivity contribution is 7.90. The summed E-state index contributed by atoms with van der Waals surface area (Å²) in [6.07, 6.45) is 1.29. The highest BCUT2D eigenvalue weighted by atomic mass is 32.2. The third kappa shape index (κ3) is 1.80. The van der Waals surface area contributed by atoms with E-state index in [2.05, 4.69) is 13.8 Å². The minimum absolute atomic E-state index is 0.137. The molecule has 2 atom stereocenters. The lowest BCUT2D eigenvalue weighted by Crippen LogP contribution is -2.09. The summed E-state index contributed by atoms with van der Waals surface area (Å²) in [7, 11) is -2.83. The normalized spacial score (nSPS) is 33.3. The highest BCUT2D eigenvalue weighted by Gasteiger charge is 2.57. The van der Waals surface area contributed by atoms with E-state index in [9.17, 15) is 8.42 Å². The van der Waals surface area contributed by atoms with Crippen LogP contribution in [0.15, 0.2) is 0 Å². The van der Waals surface area contributed by atoms with Gasteiger partial charge in [-0.15, -0.1) is 0 Å². The lowest BCUT2D eigenvalue weighted by molar-refractivity contribution is 0.543. The second-order valence-electron chi connectivity index (χ2n) is 4.36. The van der Waals surface area contributed by atoms with Gasteiger partial charge < -0.3 is 5.73 Å². The van der Waals surface area contributed by atoms with Gasteiger partial charge in [0.1, 0.15) is 9.84 Å². The van der Waals surface area contributed by atoms with Crippen molar-refractivity contribution in [2.24, 2.45) is 23.0 Å². The Morgan fingerprint density at radius 2 is 1.83 bits per heavy atom. The van der Waals surface area contributed by atoms with Crippen LogP contribution in [0.25, 0.3) is 0 Å². The van der Waals surface area contributed by atoms with Gasteiger partial charge in [-0.25, -0.2) is 8.42 Å². The van der Waals surface area contributed by atoms with E-state index in [1.165, 1.54) is 6.26 Å². The quantitative estimate of drug-likeness (QED) is 0.696. The molecule has 0 aromatic heterocycles. The maximum Gasteiger partial charge on any atom is 0.147 e. The maximum absolute atomic E-state index is 11.0. The van der Waals surface area contributed by atoms with Gasteiger partial charge in [-0.2, -0.15) is 0 Å². The van der Waals surface area contributed by atoms with Gasteiger partial charge >= 0.3 is 0 Å². The second-order valence-corrected chi connectivity index (χ2v) is 6.55. The Morgan fingerprint density at radius 1 is 1.33 bits per heavy atom. The molecule has 1 fully saturated rings. The van der Waals surface area contributed by atoms with Gasteiger partial charge in [0.05, 0.1) is 5.75 Å². The van der Waals surface area contributed by atoms with Gasteiger partial charge in [0.2, 0.25) is 0 Å². The molecule has 3 nitrogen and oxygen atoms in total. The molecule has 1 rings (SSSR count). The lowest BCUT2D eigenvalue weighted by Gasteiger charge is -1.99. The van der Waals surface area contributed by atoms with E-state index >= 15 is 0 Å². The van der Waals surface area contributed by atoms with Gasteiger partial charge in [-0.05, 0) is 23.8 Å². The first kappa shape index (κ1) is 9.99. The van der Waals surface area contributed by atoms with E-state index in [4.69, 9.17) is 5.73 Å². The Kier molecular flexibility index (Phi) is 2.25. The molecule has 0 heterocycles. The Balaban J connectivity index is 2.60. The number of hydrogen-bond acceptors (Lipinski definition) is 3. The van der Waals surface area contributed by atoms with Crippen molar-refractivity contribution in [1.29, 1.82) is 0 Å². The van der Waals surface area contributed by atoms with Crippen molar-refractivity contribution in [3.63, 3.8) is 0 Å². The summed E-state index contributed by atoms with van der Waals surface area (Å²) >= 11 is 0. The Hall–Kier alpha value is -0.0900. The molecule has 1 saturated carbocycles. The summed E-state index contributed by atoms with van der Waals surface area (Å²) in [5, 5.41) is 0. The topological polar surface area (TPSA) is 60.2 Å². The number of hydrogen-bond donors (Lipinski definition) is 1. The third-order valence-corrected chi connectivity index (χ3v) is 3.99. The van der Waals surface area contributed by atoms with E-state index in [1.807, 2.05) is 0 Å². The standard InChI is InChI=1S/C8H17NO2S/c1-8(2)6(4-9)7(8)5-12(3,10)11/h6-7H,4-5,9H2,1-3H3. The van der Waals surface area contributed by atoms with Crippen LogP contribution >= 0.6 is 0 Å². The molecule has 0 aromatic rings. The Bertz CT molecular complexity index is 269. The summed E-state index contributed by atoms with van der Waals surface area (Å²) in [6, 6.07) is 0. The van der Waals surface area contributed by atoms with Crippen molar-refractivity contribution in [1.82, 2.24) is 0 Å². The molecule has 2 unspecified atom stereocenters. The molecule has 0 aliphatic heterocycles. The highest BCUT2D eigenvalue weighted by Crippen LogP contribution is 2.57. The first-order valence-electron chi connectivity index (χ1n) is 4.17. The fourth-order valence-electron chi connectivity index (χ4n) is 1.98. The van der Waals surface area contributed by atoms with Crippen LogP contribution < -0.4 is 5.73 Å². The molecule has 2 N–H and O–H groups in total. The summed E-state index contributed by atoms with van der Waals surface area (Å²) in [5.74, 6) is 0.965. The van der Waals surface area contributed by atoms with Crippen molar-refractivity contribution < 1.29 is 8.42 Å². The van der Waals surface area contributed by atoms with E-state index in [0.29, 0.717) is 18.2 Å². The fourth-order valence-corrected chi connectivity index (χ4v) is 3.30. The number of nitrogens with two attached hydrogens (primary N) is 1. The van der Waals surface area contributed by atoms with Crippen molar-refractivity contribution in [2.75, 3.05) is 18.6 Å². The minimum Gasteiger partial charge on any atom is -0.330 e.